The van der Waals surface area contributed by atoms with E-state index in [0.717, 1.165) is 4.90 Å². The predicted octanol–water partition coefficient (Wildman–Crippen LogP) is 0.104. The van der Waals surface area contributed by atoms with E-state index in [1.165, 1.54) is 0 Å². The van der Waals surface area contributed by atoms with Gasteiger partial charge in [0.15, 0.2) is 0 Å². The Hall–Kier alpha value is 0.570. The first-order valence-corrected chi connectivity index (χ1v) is 11.0. The topological polar surface area (TPSA) is 141 Å². The number of nitrogens with zero attached hydrogens (tertiary/aromatic N) is 1. The minimum atomic E-state index is -5.00. The summed E-state index contributed by atoms with van der Waals surface area (Å²) in [7, 11) is -10.0. The van der Waals surface area contributed by atoms with E-state index in [2.05, 4.69) is 0 Å². The average molecular weight is 349 g/mol. The van der Waals surface area contributed by atoms with E-state index < -0.39 is 37.9 Å². The van der Waals surface area contributed by atoms with Crippen molar-refractivity contribution >= 4 is 26.4 Å². The zero-order valence-electron chi connectivity index (χ0n) is 11.3. The van der Waals surface area contributed by atoms with Crippen molar-refractivity contribution in [2.24, 2.45) is 5.92 Å². The van der Waals surface area contributed by atoms with Crippen molar-refractivity contribution in [3.63, 3.8) is 0 Å². The Kier molecular flexibility index (Phi) is 6.30. The van der Waals surface area contributed by atoms with Crippen LogP contribution in [0.25, 0.3) is 0 Å². The van der Waals surface area contributed by atoms with E-state index in [-0.39, 0.29) is 24.0 Å². The second-order valence-electron chi connectivity index (χ2n) is 5.36. The molecule has 1 heterocycles. The van der Waals surface area contributed by atoms with Crippen molar-refractivity contribution in [3.8, 4) is 0 Å². The van der Waals surface area contributed by atoms with E-state index in [1.807, 2.05) is 13.8 Å². The van der Waals surface area contributed by atoms with E-state index in [4.69, 9.17) is 0 Å². The van der Waals surface area contributed by atoms with Crippen molar-refractivity contribution in [3.05, 3.63) is 0 Å². The summed E-state index contributed by atoms with van der Waals surface area (Å²) >= 11 is -1.13. The quantitative estimate of drug-likeness (QED) is 0.405. The largest absolute Gasteiger partial charge is 0.616 e. The molecular formula is C9H21NO7P2S. The molecule has 4 N–H and O–H groups in total. The maximum atomic E-state index is 11.6. The van der Waals surface area contributed by atoms with Gasteiger partial charge in [-0.15, -0.1) is 0 Å². The summed E-state index contributed by atoms with van der Waals surface area (Å²) in [6.45, 7) is 3.78. The van der Waals surface area contributed by atoms with Gasteiger partial charge in [0, 0.05) is 6.54 Å². The van der Waals surface area contributed by atoms with E-state index >= 15 is 0 Å². The molecule has 1 saturated heterocycles. The van der Waals surface area contributed by atoms with Crippen molar-refractivity contribution in [1.29, 1.82) is 0 Å². The normalized spacial score (nSPS) is 26.4. The second kappa shape index (κ2) is 6.77. The summed E-state index contributed by atoms with van der Waals surface area (Å²) in [4.78, 5) is 38.3. The predicted molar refractivity (Wildman–Crippen MR) is 75.7 cm³/mol. The molecule has 20 heavy (non-hydrogen) atoms. The van der Waals surface area contributed by atoms with Gasteiger partial charge < -0.3 is 24.1 Å². The molecule has 1 rings (SSSR count). The van der Waals surface area contributed by atoms with Crippen molar-refractivity contribution in [2.75, 3.05) is 18.1 Å². The van der Waals surface area contributed by atoms with E-state index in [0.29, 0.717) is 6.42 Å². The minimum absolute atomic E-state index is 0.00485. The molecular weight excluding hydrogens is 328 g/mol. The van der Waals surface area contributed by atoms with Crippen LogP contribution in [-0.2, 0) is 20.3 Å². The Labute approximate surface area is 121 Å². The maximum absolute atomic E-state index is 11.6. The summed E-state index contributed by atoms with van der Waals surface area (Å²) < 4.78 is 34.6. The highest BCUT2D eigenvalue weighted by Crippen LogP contribution is 2.61. The molecule has 1 aliphatic rings. The fraction of sp³-hybridized carbons (Fsp3) is 1.00. The SMILES string of the molecule is CC(C)CC1C[S+]([O-])CCN1C(P(=O)(O)O)P(=O)(O)O. The lowest BCUT2D eigenvalue weighted by atomic mass is 10.0. The molecule has 0 aliphatic carbocycles. The van der Waals surface area contributed by atoms with E-state index in [1.54, 1.807) is 0 Å². The molecule has 0 amide bonds. The molecule has 0 aromatic carbocycles. The van der Waals surface area contributed by atoms with Crippen LogP contribution < -0.4 is 0 Å². The lowest BCUT2D eigenvalue weighted by Gasteiger charge is -2.41. The Morgan fingerprint density at radius 3 is 2.15 bits per heavy atom. The van der Waals surface area contributed by atoms with Crippen LogP contribution in [0.4, 0.5) is 0 Å². The van der Waals surface area contributed by atoms with E-state index in [9.17, 15) is 33.3 Å². The Morgan fingerprint density at radius 2 is 1.75 bits per heavy atom. The van der Waals surface area contributed by atoms with Gasteiger partial charge in [0.05, 0.1) is 6.04 Å². The highest BCUT2D eigenvalue weighted by atomic mass is 32.2. The lowest BCUT2D eigenvalue weighted by molar-refractivity contribution is 0.166. The van der Waals surface area contributed by atoms with Gasteiger partial charge in [0.25, 0.3) is 0 Å². The molecule has 0 aromatic rings. The third-order valence-corrected chi connectivity index (χ3v) is 8.06. The van der Waals surface area contributed by atoms with Crippen LogP contribution in [-0.4, -0.2) is 58.6 Å². The maximum Gasteiger partial charge on any atom is 0.355 e. The average Bonchev–Trinajstić information content (AvgIpc) is 2.16. The first-order valence-electron chi connectivity index (χ1n) is 6.14. The molecule has 0 saturated carbocycles. The molecule has 0 aromatic heterocycles. The molecule has 120 valence electrons. The Balaban J connectivity index is 3.09. The van der Waals surface area contributed by atoms with Crippen molar-refractivity contribution < 1.29 is 33.3 Å². The third kappa shape index (κ3) is 5.09. The van der Waals surface area contributed by atoms with Gasteiger partial charge in [-0.1, -0.05) is 25.0 Å². The highest BCUT2D eigenvalue weighted by molar-refractivity contribution is 7.91. The van der Waals surface area contributed by atoms with Gasteiger partial charge in [0.2, 0.25) is 5.52 Å². The Bertz CT molecular complexity index is 399. The molecule has 0 bridgehead atoms. The molecule has 11 heteroatoms. The van der Waals surface area contributed by atoms with Crippen molar-refractivity contribution in [1.82, 2.24) is 4.90 Å². The second-order valence-corrected chi connectivity index (χ2v) is 10.7. The van der Waals surface area contributed by atoms with Crippen molar-refractivity contribution in [2.45, 2.75) is 31.8 Å². The highest BCUT2D eigenvalue weighted by Gasteiger charge is 2.51. The van der Waals surface area contributed by atoms with Gasteiger partial charge in [-0.2, -0.15) is 0 Å². The molecule has 2 unspecified atom stereocenters. The number of hydrogen-bond acceptors (Lipinski definition) is 4. The molecule has 0 spiro atoms. The van der Waals surface area contributed by atoms with Gasteiger partial charge in [0.1, 0.15) is 11.5 Å². The van der Waals surface area contributed by atoms with Crippen LogP contribution in [0, 0.1) is 5.92 Å². The zero-order valence-corrected chi connectivity index (χ0v) is 13.9. The molecule has 0 radical (unpaired) electrons. The first-order chi connectivity index (χ1) is 8.93. The summed E-state index contributed by atoms with van der Waals surface area (Å²) in [5.41, 5.74) is -2.14. The minimum Gasteiger partial charge on any atom is -0.616 e. The van der Waals surface area contributed by atoms with Crippen LogP contribution >= 0.6 is 15.2 Å². The molecule has 2 atom stereocenters. The summed E-state index contributed by atoms with van der Waals surface area (Å²) in [6, 6.07) is -0.505. The lowest BCUT2D eigenvalue weighted by Crippen LogP contribution is -2.53. The van der Waals surface area contributed by atoms with Gasteiger partial charge >= 0.3 is 15.2 Å². The number of rotatable bonds is 5. The fourth-order valence-corrected chi connectivity index (χ4v) is 6.70. The van der Waals surface area contributed by atoms with Crippen LogP contribution in [0.3, 0.4) is 0 Å². The van der Waals surface area contributed by atoms with Crippen LogP contribution in [0.2, 0.25) is 0 Å². The summed E-state index contributed by atoms with van der Waals surface area (Å²) in [5.74, 6) is 0.492. The standard InChI is InChI=1S/C9H21NO7P2S/c1-7(2)5-8-6-20(17)4-3-10(8)9(18(11,12)13)19(14,15)16/h7-9H,3-6H2,1-2H3,(H2,11,12,13)(H2,14,15,16). The molecule has 8 nitrogen and oxygen atoms in total. The fourth-order valence-electron chi connectivity index (χ4n) is 2.42. The van der Waals surface area contributed by atoms with Gasteiger partial charge in [-0.25, -0.2) is 0 Å². The summed E-state index contributed by atoms with van der Waals surface area (Å²) in [6.07, 6.45) is 0.474. The van der Waals surface area contributed by atoms with Crippen LogP contribution in [0.15, 0.2) is 0 Å². The first kappa shape index (κ1) is 18.6. The van der Waals surface area contributed by atoms with Gasteiger partial charge in [-0.3, -0.25) is 14.0 Å². The smallest absolute Gasteiger partial charge is 0.355 e. The molecule has 1 aliphatic heterocycles. The Morgan fingerprint density at radius 1 is 1.25 bits per heavy atom. The van der Waals surface area contributed by atoms with Gasteiger partial charge in [-0.05, 0) is 12.3 Å². The van der Waals surface area contributed by atoms with Crippen LogP contribution in [0.5, 0.6) is 0 Å². The zero-order chi connectivity index (χ0) is 15.7. The monoisotopic (exact) mass is 349 g/mol. The third-order valence-electron chi connectivity index (χ3n) is 3.07. The van der Waals surface area contributed by atoms with Crippen LogP contribution in [0.1, 0.15) is 20.3 Å². The number of hydrogen-bond donors (Lipinski definition) is 4. The molecule has 1 fully saturated rings. The summed E-state index contributed by atoms with van der Waals surface area (Å²) in [5, 5.41) is 0.